The molecule has 8 nitrogen and oxygen atoms in total. The lowest BCUT2D eigenvalue weighted by Crippen LogP contribution is -2.37. The molecule has 2 aromatic rings. The molecule has 2 aliphatic carbocycles. The lowest BCUT2D eigenvalue weighted by molar-refractivity contribution is -0.130. The normalized spacial score (nSPS) is 20.9. The maximum atomic E-state index is 13.1. The lowest BCUT2D eigenvalue weighted by Gasteiger charge is -2.24. The second-order valence-corrected chi connectivity index (χ2v) is 10.0. The van der Waals surface area contributed by atoms with Crippen molar-refractivity contribution in [3.8, 4) is 0 Å². The minimum atomic E-state index is -0.467. The first-order chi connectivity index (χ1) is 14.5. The van der Waals surface area contributed by atoms with Crippen LogP contribution in [0.5, 0.6) is 0 Å². The number of nitrogens with zero attached hydrogens (tertiary/aromatic N) is 4. The Morgan fingerprint density at radius 2 is 1.77 bits per heavy atom. The Labute approximate surface area is 178 Å². The minimum Gasteiger partial charge on any atom is -0.342 e. The first-order valence-electron chi connectivity index (χ1n) is 11.0. The molecule has 0 bridgehead atoms. The average Bonchev–Trinajstić information content (AvgIpc) is 3.59. The SMILES string of the molecule is CC(Sc1nc(C2CC2)nc2c1c(=O)[nH]c(=O)n2C1CC1)C(=O)N1CCCCCC1. The van der Waals surface area contributed by atoms with Crippen molar-refractivity contribution < 1.29 is 4.79 Å². The molecular formula is C21H27N5O3S. The summed E-state index contributed by atoms with van der Waals surface area (Å²) < 4.78 is 1.62. The fourth-order valence-electron chi connectivity index (χ4n) is 4.18. The van der Waals surface area contributed by atoms with Gasteiger partial charge in [0.2, 0.25) is 5.91 Å². The van der Waals surface area contributed by atoms with Crippen LogP contribution >= 0.6 is 11.8 Å². The van der Waals surface area contributed by atoms with Crippen LogP contribution in [0.4, 0.5) is 0 Å². The summed E-state index contributed by atoms with van der Waals surface area (Å²) in [5, 5.41) is 0.508. The average molecular weight is 430 g/mol. The number of carbonyl (C=O) groups is 1. The van der Waals surface area contributed by atoms with Crippen molar-refractivity contribution in [1.82, 2.24) is 24.4 Å². The van der Waals surface area contributed by atoms with Gasteiger partial charge in [-0.05, 0) is 45.4 Å². The number of aromatic nitrogens is 4. The van der Waals surface area contributed by atoms with Gasteiger partial charge in [0.1, 0.15) is 16.2 Å². The van der Waals surface area contributed by atoms with Gasteiger partial charge in [-0.2, -0.15) is 0 Å². The van der Waals surface area contributed by atoms with Crippen LogP contribution in [0.1, 0.15) is 76.1 Å². The van der Waals surface area contributed by atoms with Crippen LogP contribution in [0.3, 0.4) is 0 Å². The van der Waals surface area contributed by atoms with E-state index < -0.39 is 11.2 Å². The monoisotopic (exact) mass is 429 g/mol. The van der Waals surface area contributed by atoms with Gasteiger partial charge in [0.25, 0.3) is 5.56 Å². The smallest absolute Gasteiger partial charge is 0.330 e. The highest BCUT2D eigenvalue weighted by Crippen LogP contribution is 2.41. The third-order valence-electron chi connectivity index (χ3n) is 6.18. The summed E-state index contributed by atoms with van der Waals surface area (Å²) in [6, 6.07) is 0.0906. The molecule has 3 heterocycles. The molecular weight excluding hydrogens is 402 g/mol. The molecule has 5 rings (SSSR count). The Kier molecular flexibility index (Phi) is 5.16. The van der Waals surface area contributed by atoms with Crippen LogP contribution in [0.15, 0.2) is 14.6 Å². The van der Waals surface area contributed by atoms with Crippen molar-refractivity contribution in [2.24, 2.45) is 0 Å². The van der Waals surface area contributed by atoms with Crippen molar-refractivity contribution in [3.05, 3.63) is 26.7 Å². The summed E-state index contributed by atoms with van der Waals surface area (Å²) in [7, 11) is 0. The van der Waals surface area contributed by atoms with Gasteiger partial charge in [0, 0.05) is 25.0 Å². The molecule has 3 fully saturated rings. The molecule has 1 unspecified atom stereocenters. The molecule has 1 atom stereocenters. The molecule has 160 valence electrons. The van der Waals surface area contributed by atoms with Crippen molar-refractivity contribution in [2.75, 3.05) is 13.1 Å². The molecule has 0 aromatic carbocycles. The third kappa shape index (κ3) is 3.79. The van der Waals surface area contributed by atoms with Gasteiger partial charge >= 0.3 is 5.69 Å². The van der Waals surface area contributed by atoms with E-state index in [1.807, 2.05) is 11.8 Å². The number of nitrogens with one attached hydrogen (secondary N) is 1. The predicted octanol–water partition coefficient (Wildman–Crippen LogP) is 2.58. The zero-order valence-electron chi connectivity index (χ0n) is 17.2. The second kappa shape index (κ2) is 7.83. The highest BCUT2D eigenvalue weighted by Gasteiger charge is 2.33. The number of fused-ring (bicyclic) bond motifs is 1. The topological polar surface area (TPSA) is 101 Å². The maximum Gasteiger partial charge on any atom is 0.330 e. The minimum absolute atomic E-state index is 0.0906. The summed E-state index contributed by atoms with van der Waals surface area (Å²) in [5.41, 5.74) is -0.439. The molecule has 2 aromatic heterocycles. The molecule has 1 saturated heterocycles. The molecule has 1 amide bonds. The summed E-state index contributed by atoms with van der Waals surface area (Å²) in [6.45, 7) is 3.47. The molecule has 1 N–H and O–H groups in total. The summed E-state index contributed by atoms with van der Waals surface area (Å²) >= 11 is 1.32. The van der Waals surface area contributed by atoms with Crippen LogP contribution < -0.4 is 11.2 Å². The number of carbonyl (C=O) groups excluding carboxylic acids is 1. The number of thioether (sulfide) groups is 1. The number of hydrogen-bond acceptors (Lipinski definition) is 6. The van der Waals surface area contributed by atoms with E-state index in [0.29, 0.717) is 21.9 Å². The molecule has 2 saturated carbocycles. The molecule has 0 radical (unpaired) electrons. The molecule has 30 heavy (non-hydrogen) atoms. The Morgan fingerprint density at radius 3 is 2.40 bits per heavy atom. The van der Waals surface area contributed by atoms with Crippen molar-refractivity contribution in [1.29, 1.82) is 0 Å². The van der Waals surface area contributed by atoms with Crippen molar-refractivity contribution >= 4 is 28.7 Å². The second-order valence-electron chi connectivity index (χ2n) is 8.72. The van der Waals surface area contributed by atoms with E-state index >= 15 is 0 Å². The van der Waals surface area contributed by atoms with Gasteiger partial charge in [-0.25, -0.2) is 14.8 Å². The molecule has 0 spiro atoms. The van der Waals surface area contributed by atoms with Gasteiger partial charge in [-0.3, -0.25) is 19.1 Å². The highest BCUT2D eigenvalue weighted by atomic mass is 32.2. The van der Waals surface area contributed by atoms with E-state index in [9.17, 15) is 14.4 Å². The fourth-order valence-corrected chi connectivity index (χ4v) is 5.21. The van der Waals surface area contributed by atoms with E-state index in [1.54, 1.807) is 4.57 Å². The molecule has 1 aliphatic heterocycles. The van der Waals surface area contributed by atoms with Gasteiger partial charge in [-0.15, -0.1) is 0 Å². The van der Waals surface area contributed by atoms with E-state index in [1.165, 1.54) is 24.6 Å². The predicted molar refractivity (Wildman–Crippen MR) is 115 cm³/mol. The highest BCUT2D eigenvalue weighted by molar-refractivity contribution is 8.00. The van der Waals surface area contributed by atoms with E-state index in [4.69, 9.17) is 4.98 Å². The Bertz CT molecular complexity index is 1090. The number of likely N-dealkylation sites (tertiary alicyclic amines) is 1. The van der Waals surface area contributed by atoms with Crippen LogP contribution in [0, 0.1) is 0 Å². The van der Waals surface area contributed by atoms with Crippen LogP contribution in [-0.2, 0) is 4.79 Å². The quantitative estimate of drug-likeness (QED) is 0.579. The summed E-state index contributed by atoms with van der Waals surface area (Å²) in [5.74, 6) is 1.07. The number of amides is 1. The van der Waals surface area contributed by atoms with Gasteiger partial charge in [-0.1, -0.05) is 24.6 Å². The number of aromatic amines is 1. The number of rotatable bonds is 5. The van der Waals surface area contributed by atoms with Crippen LogP contribution in [0.2, 0.25) is 0 Å². The van der Waals surface area contributed by atoms with Gasteiger partial charge in [0.15, 0.2) is 5.65 Å². The Morgan fingerprint density at radius 1 is 1.07 bits per heavy atom. The fraction of sp³-hybridized carbons (Fsp3) is 0.667. The van der Waals surface area contributed by atoms with E-state index in [0.717, 1.165) is 51.6 Å². The van der Waals surface area contributed by atoms with E-state index in [-0.39, 0.29) is 23.1 Å². The number of H-pyrrole nitrogens is 1. The zero-order valence-corrected chi connectivity index (χ0v) is 18.0. The third-order valence-corrected chi connectivity index (χ3v) is 7.25. The molecule has 9 heteroatoms. The maximum absolute atomic E-state index is 13.1. The standard InChI is InChI=1S/C21H27N5O3S/c1-12(20(28)25-10-4-2-3-5-11-25)30-19-15-17(22-16(23-19)13-6-7-13)26(14-8-9-14)21(29)24-18(15)27/h12-14H,2-11H2,1H3,(H,24,27,29). The lowest BCUT2D eigenvalue weighted by atomic mass is 10.2. The van der Waals surface area contributed by atoms with Crippen LogP contribution in [-0.4, -0.2) is 48.7 Å². The Balaban J connectivity index is 1.54. The van der Waals surface area contributed by atoms with Crippen molar-refractivity contribution in [2.45, 2.75) is 80.5 Å². The number of hydrogen-bond donors (Lipinski definition) is 1. The van der Waals surface area contributed by atoms with Gasteiger partial charge in [0.05, 0.1) is 5.25 Å². The van der Waals surface area contributed by atoms with Gasteiger partial charge < -0.3 is 4.90 Å². The first-order valence-corrected chi connectivity index (χ1v) is 11.9. The van der Waals surface area contributed by atoms with E-state index in [2.05, 4.69) is 9.97 Å². The van der Waals surface area contributed by atoms with Crippen molar-refractivity contribution in [3.63, 3.8) is 0 Å². The molecule has 3 aliphatic rings. The largest absolute Gasteiger partial charge is 0.342 e. The Hall–Kier alpha value is -2.16. The first kappa shape index (κ1) is 19.8. The summed E-state index contributed by atoms with van der Waals surface area (Å²) in [4.78, 5) is 52.1. The summed E-state index contributed by atoms with van der Waals surface area (Å²) in [6.07, 6.45) is 8.29. The van der Waals surface area contributed by atoms with Crippen LogP contribution in [0.25, 0.3) is 11.0 Å². The zero-order chi connectivity index (χ0) is 20.8.